The van der Waals surface area contributed by atoms with Crippen molar-refractivity contribution in [3.8, 4) is 11.3 Å². The molecule has 24 heavy (non-hydrogen) atoms. The van der Waals surface area contributed by atoms with Crippen molar-refractivity contribution in [2.24, 2.45) is 0 Å². The summed E-state index contributed by atoms with van der Waals surface area (Å²) < 4.78 is 5.19. The molecule has 0 spiro atoms. The second kappa shape index (κ2) is 6.65. The van der Waals surface area contributed by atoms with Crippen LogP contribution in [0.4, 0.5) is 0 Å². The molecule has 126 valence electrons. The monoisotopic (exact) mass is 347 g/mol. The van der Waals surface area contributed by atoms with Crippen LogP contribution in [-0.4, -0.2) is 34.5 Å². The summed E-state index contributed by atoms with van der Waals surface area (Å²) in [5, 5.41) is 15.8. The lowest BCUT2D eigenvalue weighted by molar-refractivity contribution is -0.311. The third-order valence-corrected chi connectivity index (χ3v) is 4.57. The van der Waals surface area contributed by atoms with Crippen LogP contribution in [0, 0.1) is 6.92 Å². The zero-order valence-electron chi connectivity index (χ0n) is 13.1. The number of hydrogen-bond acceptors (Lipinski definition) is 5. The number of aryl methyl sites for hydroxylation is 1. The highest BCUT2D eigenvalue weighted by molar-refractivity contribution is 6.33. The van der Waals surface area contributed by atoms with E-state index in [0.717, 1.165) is 12.8 Å². The fourth-order valence-corrected chi connectivity index (χ4v) is 3.25. The number of aliphatic carboxylic acids is 1. The second-order valence-electron chi connectivity index (χ2n) is 5.77. The summed E-state index contributed by atoms with van der Waals surface area (Å²) >= 11 is 6.20. The number of nitrogens with zero attached hydrogens (tertiary/aromatic N) is 2. The minimum atomic E-state index is -1.24. The maximum absolute atomic E-state index is 13.0. The molecule has 1 aromatic carbocycles. The number of carboxylic acids is 1. The van der Waals surface area contributed by atoms with E-state index in [4.69, 9.17) is 16.1 Å². The molecule has 0 saturated carbocycles. The van der Waals surface area contributed by atoms with E-state index in [9.17, 15) is 14.7 Å². The summed E-state index contributed by atoms with van der Waals surface area (Å²) in [6.07, 6.45) is 1.89. The molecule has 1 atom stereocenters. The number of carboxylic acid groups (broad SMARTS) is 1. The predicted molar refractivity (Wildman–Crippen MR) is 85.4 cm³/mol. The van der Waals surface area contributed by atoms with Crippen LogP contribution in [0.15, 0.2) is 28.8 Å². The van der Waals surface area contributed by atoms with Crippen LogP contribution >= 0.6 is 11.6 Å². The molecular formula is C17H16ClN2O4-. The Labute approximate surface area is 144 Å². The van der Waals surface area contributed by atoms with Gasteiger partial charge in [-0.25, -0.2) is 0 Å². The maximum atomic E-state index is 13.0. The summed E-state index contributed by atoms with van der Waals surface area (Å²) in [6.45, 7) is 1.99. The van der Waals surface area contributed by atoms with Gasteiger partial charge in [0.25, 0.3) is 5.91 Å². The molecule has 1 aromatic heterocycles. The summed E-state index contributed by atoms with van der Waals surface area (Å²) in [6, 6.07) is 6.06. The minimum absolute atomic E-state index is 0.247. The van der Waals surface area contributed by atoms with Gasteiger partial charge in [-0.15, -0.1) is 0 Å². The third kappa shape index (κ3) is 2.89. The Morgan fingerprint density at radius 3 is 2.79 bits per heavy atom. The first kappa shape index (κ1) is 16.5. The van der Waals surface area contributed by atoms with E-state index in [1.807, 2.05) is 0 Å². The van der Waals surface area contributed by atoms with Crippen molar-refractivity contribution in [2.75, 3.05) is 6.54 Å². The molecule has 0 N–H and O–H groups in total. The van der Waals surface area contributed by atoms with Crippen molar-refractivity contribution in [1.82, 2.24) is 10.1 Å². The van der Waals surface area contributed by atoms with E-state index >= 15 is 0 Å². The van der Waals surface area contributed by atoms with Crippen LogP contribution in [0.3, 0.4) is 0 Å². The Morgan fingerprint density at radius 1 is 1.33 bits per heavy atom. The van der Waals surface area contributed by atoms with Crippen molar-refractivity contribution in [3.63, 3.8) is 0 Å². The molecule has 1 aliphatic rings. The summed E-state index contributed by atoms with van der Waals surface area (Å²) in [4.78, 5) is 25.7. The van der Waals surface area contributed by atoms with E-state index in [1.54, 1.807) is 31.2 Å². The lowest BCUT2D eigenvalue weighted by Crippen LogP contribution is -2.53. The topological polar surface area (TPSA) is 86.5 Å². The first-order valence-corrected chi connectivity index (χ1v) is 8.11. The zero-order valence-corrected chi connectivity index (χ0v) is 13.9. The number of aromatic nitrogens is 1. The molecule has 1 saturated heterocycles. The highest BCUT2D eigenvalue weighted by Gasteiger charge is 2.33. The molecule has 0 unspecified atom stereocenters. The first-order valence-electron chi connectivity index (χ1n) is 7.73. The standard InChI is InChI=1S/C17H17ClN2O4/c1-10-14(15(19-24-10)11-6-2-3-7-12(11)18)16(21)20-9-5-4-8-13(20)17(22)23/h2-3,6-7,13H,4-5,8-9H2,1H3,(H,22,23)/p-1/t13-/m0/s1. The first-order chi connectivity index (χ1) is 11.5. The highest BCUT2D eigenvalue weighted by atomic mass is 35.5. The van der Waals surface area contributed by atoms with Gasteiger partial charge in [0.1, 0.15) is 17.0 Å². The van der Waals surface area contributed by atoms with Gasteiger partial charge in [0.15, 0.2) is 0 Å². The van der Waals surface area contributed by atoms with Gasteiger partial charge in [-0.2, -0.15) is 0 Å². The molecule has 6 nitrogen and oxygen atoms in total. The molecule has 1 aliphatic heterocycles. The minimum Gasteiger partial charge on any atom is -0.548 e. The van der Waals surface area contributed by atoms with Gasteiger partial charge >= 0.3 is 0 Å². The zero-order chi connectivity index (χ0) is 17.3. The number of halogens is 1. The molecule has 0 aliphatic carbocycles. The van der Waals surface area contributed by atoms with Crippen molar-refractivity contribution in [2.45, 2.75) is 32.2 Å². The smallest absolute Gasteiger partial charge is 0.260 e. The van der Waals surface area contributed by atoms with Crippen LogP contribution in [0.5, 0.6) is 0 Å². The lowest BCUT2D eigenvalue weighted by atomic mass is 9.99. The SMILES string of the molecule is Cc1onc(-c2ccccc2Cl)c1C(=O)N1CCCC[C@H]1C(=O)[O-]. The van der Waals surface area contributed by atoms with Crippen LogP contribution in [0.2, 0.25) is 5.02 Å². The van der Waals surface area contributed by atoms with Crippen molar-refractivity contribution in [3.05, 3.63) is 40.6 Å². The number of likely N-dealkylation sites (tertiary alicyclic amines) is 1. The van der Waals surface area contributed by atoms with Crippen LogP contribution < -0.4 is 5.11 Å². The fraction of sp³-hybridized carbons (Fsp3) is 0.353. The Kier molecular flexibility index (Phi) is 4.57. The van der Waals surface area contributed by atoms with Crippen LogP contribution in [0.1, 0.15) is 35.4 Å². The largest absolute Gasteiger partial charge is 0.548 e. The van der Waals surface area contributed by atoms with Crippen molar-refractivity contribution >= 4 is 23.5 Å². The highest BCUT2D eigenvalue weighted by Crippen LogP contribution is 2.32. The van der Waals surface area contributed by atoms with E-state index in [1.165, 1.54) is 4.90 Å². The summed E-state index contributed by atoms with van der Waals surface area (Å²) in [7, 11) is 0. The van der Waals surface area contributed by atoms with Crippen LogP contribution in [-0.2, 0) is 4.79 Å². The number of amides is 1. The van der Waals surface area contributed by atoms with E-state index < -0.39 is 17.9 Å². The van der Waals surface area contributed by atoms with Crippen LogP contribution in [0.25, 0.3) is 11.3 Å². The molecule has 2 aromatic rings. The molecule has 3 rings (SSSR count). The quantitative estimate of drug-likeness (QED) is 0.848. The Hall–Kier alpha value is -2.34. The van der Waals surface area contributed by atoms with Gasteiger partial charge in [0, 0.05) is 12.1 Å². The molecule has 2 heterocycles. The van der Waals surface area contributed by atoms with E-state index in [0.29, 0.717) is 35.0 Å². The van der Waals surface area contributed by atoms with Crippen molar-refractivity contribution < 1.29 is 19.2 Å². The average molecular weight is 348 g/mol. The Bertz CT molecular complexity index is 787. The number of carbonyl (C=O) groups is 2. The molecule has 1 fully saturated rings. The fourth-order valence-electron chi connectivity index (χ4n) is 3.02. The summed E-state index contributed by atoms with van der Waals surface area (Å²) in [5.74, 6) is -1.33. The van der Waals surface area contributed by atoms with Gasteiger partial charge < -0.3 is 19.3 Å². The number of rotatable bonds is 3. The van der Waals surface area contributed by atoms with Gasteiger partial charge in [-0.1, -0.05) is 35.0 Å². The molecule has 7 heteroatoms. The van der Waals surface area contributed by atoms with E-state index in [2.05, 4.69) is 5.16 Å². The normalized spacial score (nSPS) is 17.8. The van der Waals surface area contributed by atoms with Crippen molar-refractivity contribution in [1.29, 1.82) is 0 Å². The van der Waals surface area contributed by atoms with Gasteiger partial charge in [0.2, 0.25) is 0 Å². The lowest BCUT2D eigenvalue weighted by Gasteiger charge is -2.36. The molecule has 0 bridgehead atoms. The maximum Gasteiger partial charge on any atom is 0.260 e. The van der Waals surface area contributed by atoms with Gasteiger partial charge in [-0.05, 0) is 32.3 Å². The second-order valence-corrected chi connectivity index (χ2v) is 6.18. The summed E-state index contributed by atoms with van der Waals surface area (Å²) in [5.41, 5.74) is 1.14. The number of piperidine rings is 1. The number of hydrogen-bond donors (Lipinski definition) is 0. The molecular weight excluding hydrogens is 332 g/mol. The predicted octanol–water partition coefficient (Wildman–Crippen LogP) is 2.05. The molecule has 0 radical (unpaired) electrons. The van der Waals surface area contributed by atoms with E-state index in [-0.39, 0.29) is 5.56 Å². The van der Waals surface area contributed by atoms with Gasteiger partial charge in [-0.3, -0.25) is 4.79 Å². The molecule has 1 amide bonds. The number of benzene rings is 1. The Balaban J connectivity index is 2.03. The average Bonchev–Trinajstić information content (AvgIpc) is 2.96. The number of carbonyl (C=O) groups excluding carboxylic acids is 2. The Morgan fingerprint density at radius 2 is 2.08 bits per heavy atom. The van der Waals surface area contributed by atoms with Gasteiger partial charge in [0.05, 0.1) is 17.0 Å². The third-order valence-electron chi connectivity index (χ3n) is 4.24.